The molecule has 0 fully saturated rings. The van der Waals surface area contributed by atoms with Crippen LogP contribution in [-0.4, -0.2) is 36.0 Å². The molecule has 1 heterocycles. The normalized spacial score (nSPS) is 12.5. The number of aromatic nitrogens is 2. The number of hydrogen-bond acceptors (Lipinski definition) is 3. The minimum Gasteiger partial charge on any atom is -0.341 e. The van der Waals surface area contributed by atoms with Gasteiger partial charge in [-0.15, -0.1) is 0 Å². The molecule has 0 aliphatic carbocycles. The number of aryl methyl sites for hydroxylation is 1. The van der Waals surface area contributed by atoms with Gasteiger partial charge in [-0.3, -0.25) is 0 Å². The molecule has 1 aromatic carbocycles. The molecule has 0 aliphatic heterocycles. The molecule has 0 bridgehead atoms. The fraction of sp³-hybridized carbons (Fsp3) is 0.364. The van der Waals surface area contributed by atoms with Crippen LogP contribution in [0.15, 0.2) is 18.2 Å². The summed E-state index contributed by atoms with van der Waals surface area (Å²) in [7, 11) is -1.64. The minimum atomic E-state index is -3.18. The summed E-state index contributed by atoms with van der Waals surface area (Å²) in [5.74, 6) is 0.655. The predicted octanol–water partition coefficient (Wildman–Crippen LogP) is 1.26. The average molecular weight is 253 g/mol. The summed E-state index contributed by atoms with van der Waals surface area (Å²) in [5.41, 5.74) is 2.90. The van der Waals surface area contributed by atoms with Crippen molar-refractivity contribution >= 4 is 21.1 Å². The molecular formula is C11H15N3O2S. The zero-order valence-electron chi connectivity index (χ0n) is 10.1. The van der Waals surface area contributed by atoms with Crippen LogP contribution >= 0.6 is 0 Å². The summed E-state index contributed by atoms with van der Waals surface area (Å²) in [5, 5.41) is 0. The number of imidazole rings is 1. The molecule has 2 rings (SSSR count). The lowest BCUT2D eigenvalue weighted by atomic mass is 10.2. The Morgan fingerprint density at radius 1 is 1.41 bits per heavy atom. The zero-order chi connectivity index (χ0) is 12.6. The Balaban J connectivity index is 2.35. The maximum Gasteiger partial charge on any atom is 0.211 e. The van der Waals surface area contributed by atoms with Crippen molar-refractivity contribution in [2.24, 2.45) is 0 Å². The van der Waals surface area contributed by atoms with E-state index >= 15 is 0 Å². The highest BCUT2D eigenvalue weighted by Crippen LogP contribution is 2.16. The molecule has 0 atom stereocenters. The highest BCUT2D eigenvalue weighted by molar-refractivity contribution is 7.88. The molecule has 0 amide bonds. The first-order valence-electron chi connectivity index (χ1n) is 5.23. The number of aromatic amines is 1. The second kappa shape index (κ2) is 4.12. The zero-order valence-corrected chi connectivity index (χ0v) is 10.9. The second-order valence-corrected chi connectivity index (χ2v) is 6.26. The second-order valence-electron chi connectivity index (χ2n) is 4.17. The monoisotopic (exact) mass is 253 g/mol. The van der Waals surface area contributed by atoms with E-state index in [-0.39, 0.29) is 6.54 Å². The lowest BCUT2D eigenvalue weighted by Crippen LogP contribution is -2.25. The minimum absolute atomic E-state index is 0.257. The molecule has 6 heteroatoms. The maximum absolute atomic E-state index is 11.3. The molecule has 0 spiro atoms. The van der Waals surface area contributed by atoms with E-state index in [1.165, 1.54) is 17.6 Å². The van der Waals surface area contributed by atoms with Crippen molar-refractivity contribution in [1.29, 1.82) is 0 Å². The van der Waals surface area contributed by atoms with Gasteiger partial charge in [0.05, 0.1) is 23.8 Å². The topological polar surface area (TPSA) is 66.1 Å². The largest absolute Gasteiger partial charge is 0.341 e. The van der Waals surface area contributed by atoms with Crippen molar-refractivity contribution in [2.45, 2.75) is 13.5 Å². The first-order chi connectivity index (χ1) is 7.88. The highest BCUT2D eigenvalue weighted by atomic mass is 32.2. The summed E-state index contributed by atoms with van der Waals surface area (Å²) in [6.07, 6.45) is 1.18. The van der Waals surface area contributed by atoms with Gasteiger partial charge in [0.15, 0.2) is 0 Å². The molecule has 2 aromatic rings. The first kappa shape index (κ1) is 12.1. The molecule has 1 aromatic heterocycles. The third kappa shape index (κ3) is 2.48. The number of para-hydroxylation sites is 1. The van der Waals surface area contributed by atoms with Gasteiger partial charge in [-0.2, -0.15) is 4.31 Å². The van der Waals surface area contributed by atoms with Crippen LogP contribution in [0.2, 0.25) is 0 Å². The molecule has 0 aliphatic rings. The lowest BCUT2D eigenvalue weighted by Gasteiger charge is -2.11. The van der Waals surface area contributed by atoms with Gasteiger partial charge in [-0.05, 0) is 18.6 Å². The fourth-order valence-corrected chi connectivity index (χ4v) is 1.99. The summed E-state index contributed by atoms with van der Waals surface area (Å²) >= 11 is 0. The van der Waals surface area contributed by atoms with Crippen LogP contribution in [0, 0.1) is 6.92 Å². The van der Waals surface area contributed by atoms with E-state index in [2.05, 4.69) is 9.97 Å². The van der Waals surface area contributed by atoms with Gasteiger partial charge < -0.3 is 4.98 Å². The fourth-order valence-electron chi connectivity index (χ4n) is 1.63. The average Bonchev–Trinajstić information content (AvgIpc) is 2.60. The number of nitrogens with one attached hydrogen (secondary N) is 1. The standard InChI is InChI=1S/C11H15N3O2S/c1-8-5-4-6-9-11(8)13-10(12-9)7-14(2)17(3,15)16/h4-6H,7H2,1-3H3,(H,12,13). The van der Waals surface area contributed by atoms with Crippen molar-refractivity contribution in [2.75, 3.05) is 13.3 Å². The van der Waals surface area contributed by atoms with E-state index in [0.717, 1.165) is 16.6 Å². The Morgan fingerprint density at radius 2 is 2.12 bits per heavy atom. The van der Waals surface area contributed by atoms with Crippen LogP contribution in [0.3, 0.4) is 0 Å². The van der Waals surface area contributed by atoms with Crippen molar-refractivity contribution in [3.05, 3.63) is 29.6 Å². The van der Waals surface area contributed by atoms with Crippen LogP contribution in [0.1, 0.15) is 11.4 Å². The quantitative estimate of drug-likeness (QED) is 0.895. The number of rotatable bonds is 3. The molecule has 5 nitrogen and oxygen atoms in total. The first-order valence-corrected chi connectivity index (χ1v) is 7.08. The highest BCUT2D eigenvalue weighted by Gasteiger charge is 2.13. The number of H-pyrrole nitrogens is 1. The van der Waals surface area contributed by atoms with Crippen molar-refractivity contribution < 1.29 is 8.42 Å². The van der Waals surface area contributed by atoms with E-state index in [4.69, 9.17) is 0 Å². The number of benzene rings is 1. The smallest absolute Gasteiger partial charge is 0.211 e. The lowest BCUT2D eigenvalue weighted by molar-refractivity contribution is 0.464. The Morgan fingerprint density at radius 3 is 2.71 bits per heavy atom. The van der Waals surface area contributed by atoms with Crippen LogP contribution in [0.5, 0.6) is 0 Å². The molecule has 17 heavy (non-hydrogen) atoms. The van der Waals surface area contributed by atoms with Gasteiger partial charge in [0.1, 0.15) is 5.82 Å². The van der Waals surface area contributed by atoms with Gasteiger partial charge in [-0.25, -0.2) is 13.4 Å². The van der Waals surface area contributed by atoms with Crippen LogP contribution in [-0.2, 0) is 16.6 Å². The van der Waals surface area contributed by atoms with Crippen LogP contribution in [0.25, 0.3) is 11.0 Å². The summed E-state index contributed by atoms with van der Waals surface area (Å²) in [6.45, 7) is 2.24. The van der Waals surface area contributed by atoms with Crippen molar-refractivity contribution in [3.63, 3.8) is 0 Å². The third-order valence-electron chi connectivity index (χ3n) is 2.70. The van der Waals surface area contributed by atoms with E-state index in [1.807, 2.05) is 25.1 Å². The van der Waals surface area contributed by atoms with Gasteiger partial charge in [0.25, 0.3) is 0 Å². The van der Waals surface area contributed by atoms with Crippen molar-refractivity contribution in [3.8, 4) is 0 Å². The number of sulfonamides is 1. The van der Waals surface area contributed by atoms with E-state index < -0.39 is 10.0 Å². The summed E-state index contributed by atoms with van der Waals surface area (Å²) in [6, 6.07) is 5.85. The number of hydrogen-bond donors (Lipinski definition) is 1. The Labute approximate surface area is 101 Å². The molecule has 0 unspecified atom stereocenters. The van der Waals surface area contributed by atoms with Gasteiger partial charge in [0, 0.05) is 7.05 Å². The van der Waals surface area contributed by atoms with Gasteiger partial charge >= 0.3 is 0 Å². The molecule has 0 saturated heterocycles. The Hall–Kier alpha value is -1.40. The molecule has 92 valence electrons. The van der Waals surface area contributed by atoms with E-state index in [1.54, 1.807) is 0 Å². The molecule has 1 N–H and O–H groups in total. The molecule has 0 saturated carbocycles. The molecular weight excluding hydrogens is 238 g/mol. The predicted molar refractivity (Wildman–Crippen MR) is 67.1 cm³/mol. The Kier molecular flexibility index (Phi) is 2.92. The van der Waals surface area contributed by atoms with Gasteiger partial charge in [-0.1, -0.05) is 12.1 Å². The molecule has 0 radical (unpaired) electrons. The van der Waals surface area contributed by atoms with Crippen molar-refractivity contribution in [1.82, 2.24) is 14.3 Å². The summed E-state index contributed by atoms with van der Waals surface area (Å²) < 4.78 is 23.9. The van der Waals surface area contributed by atoms with Gasteiger partial charge in [0.2, 0.25) is 10.0 Å². The van der Waals surface area contributed by atoms with Crippen LogP contribution in [0.4, 0.5) is 0 Å². The van der Waals surface area contributed by atoms with E-state index in [9.17, 15) is 8.42 Å². The van der Waals surface area contributed by atoms with Crippen LogP contribution < -0.4 is 0 Å². The summed E-state index contributed by atoms with van der Waals surface area (Å²) in [4.78, 5) is 7.53. The number of fused-ring (bicyclic) bond motifs is 1. The Bertz CT molecular complexity index is 646. The third-order valence-corrected chi connectivity index (χ3v) is 3.96. The van der Waals surface area contributed by atoms with E-state index in [0.29, 0.717) is 5.82 Å². The maximum atomic E-state index is 11.3. The number of nitrogens with zero attached hydrogens (tertiary/aromatic N) is 2. The SMILES string of the molecule is Cc1cccc2[nH]c(CN(C)S(C)(=O)=O)nc12.